The highest BCUT2D eigenvalue weighted by atomic mass is 19.1. The molecule has 0 saturated heterocycles. The average molecular weight is 533 g/mol. The Morgan fingerprint density at radius 3 is 2.56 bits per heavy atom. The lowest BCUT2D eigenvalue weighted by Crippen LogP contribution is -2.41. The second-order valence-electron chi connectivity index (χ2n) is 11.3. The minimum absolute atomic E-state index is 0.0788. The van der Waals surface area contributed by atoms with Gasteiger partial charge in [-0.3, -0.25) is 14.4 Å². The van der Waals surface area contributed by atoms with Gasteiger partial charge in [0.15, 0.2) is 0 Å². The Hall–Kier alpha value is -3.22. The molecular formula is C32H41FN4O2. The fraction of sp³-hybridized carbons (Fsp3) is 0.531. The zero-order valence-electron chi connectivity index (χ0n) is 23.3. The van der Waals surface area contributed by atoms with Crippen LogP contribution < -0.4 is 9.64 Å². The van der Waals surface area contributed by atoms with Gasteiger partial charge in [0.1, 0.15) is 18.2 Å². The van der Waals surface area contributed by atoms with Crippen LogP contribution in [0.3, 0.4) is 0 Å². The maximum atomic E-state index is 13.9. The van der Waals surface area contributed by atoms with Crippen molar-refractivity contribution in [3.63, 3.8) is 0 Å². The Morgan fingerprint density at radius 1 is 1.05 bits per heavy atom. The lowest BCUT2D eigenvalue weighted by Gasteiger charge is -2.35. The van der Waals surface area contributed by atoms with E-state index >= 15 is 0 Å². The summed E-state index contributed by atoms with van der Waals surface area (Å²) in [5.41, 5.74) is 4.43. The van der Waals surface area contributed by atoms with E-state index in [2.05, 4.69) is 35.2 Å². The molecule has 2 aliphatic rings. The molecule has 0 bridgehead atoms. The summed E-state index contributed by atoms with van der Waals surface area (Å²) in [7, 11) is 1.72. The molecule has 2 fully saturated rings. The third-order valence-corrected chi connectivity index (χ3v) is 8.70. The van der Waals surface area contributed by atoms with E-state index in [1.807, 2.05) is 23.2 Å². The lowest BCUT2D eigenvalue weighted by molar-refractivity contribution is -0.123. The molecule has 39 heavy (non-hydrogen) atoms. The summed E-state index contributed by atoms with van der Waals surface area (Å²) >= 11 is 0. The highest BCUT2D eigenvalue weighted by Gasteiger charge is 2.31. The van der Waals surface area contributed by atoms with Crippen molar-refractivity contribution in [1.29, 1.82) is 0 Å². The van der Waals surface area contributed by atoms with E-state index in [1.54, 1.807) is 24.2 Å². The number of amides is 1. The molecule has 208 valence electrons. The number of pyridine rings is 1. The number of carbonyl (C=O) groups is 1. The van der Waals surface area contributed by atoms with Gasteiger partial charge in [0, 0.05) is 30.4 Å². The van der Waals surface area contributed by atoms with Crippen LogP contribution in [0.2, 0.25) is 0 Å². The molecule has 7 heteroatoms. The SMILES string of the molecule is COc1ccc(C2CCC(CN(C(=O)C3CCCCC3)c3cc(-c4cnn(CCF)c4)ccn3)CC2)cc1C. The van der Waals surface area contributed by atoms with Crippen LogP contribution in [0.5, 0.6) is 5.75 Å². The van der Waals surface area contributed by atoms with Crippen molar-refractivity contribution >= 4 is 11.7 Å². The van der Waals surface area contributed by atoms with E-state index in [1.165, 1.54) is 17.5 Å². The predicted octanol–water partition coefficient (Wildman–Crippen LogP) is 7.12. The summed E-state index contributed by atoms with van der Waals surface area (Å²) in [5.74, 6) is 2.96. The number of hydrogen-bond acceptors (Lipinski definition) is 4. The van der Waals surface area contributed by atoms with Crippen LogP contribution in [0, 0.1) is 18.8 Å². The fourth-order valence-electron chi connectivity index (χ4n) is 6.43. The maximum absolute atomic E-state index is 13.9. The summed E-state index contributed by atoms with van der Waals surface area (Å²) in [6.07, 6.45) is 15.2. The van der Waals surface area contributed by atoms with Crippen LogP contribution in [0.25, 0.3) is 11.1 Å². The molecule has 2 heterocycles. The Kier molecular flexibility index (Phi) is 8.95. The zero-order chi connectivity index (χ0) is 27.2. The number of rotatable bonds is 9. The molecule has 0 unspecified atom stereocenters. The van der Waals surface area contributed by atoms with E-state index in [-0.39, 0.29) is 18.4 Å². The Labute approximate surface area is 231 Å². The summed E-state index contributed by atoms with van der Waals surface area (Å²) in [4.78, 5) is 20.6. The number of halogens is 1. The summed E-state index contributed by atoms with van der Waals surface area (Å²) in [5, 5.41) is 4.27. The second-order valence-corrected chi connectivity index (χ2v) is 11.3. The van der Waals surface area contributed by atoms with Gasteiger partial charge in [0.25, 0.3) is 0 Å². The van der Waals surface area contributed by atoms with Crippen molar-refractivity contribution < 1.29 is 13.9 Å². The molecule has 0 N–H and O–H groups in total. The number of nitrogens with zero attached hydrogens (tertiary/aromatic N) is 4. The highest BCUT2D eigenvalue weighted by molar-refractivity contribution is 5.94. The van der Waals surface area contributed by atoms with Gasteiger partial charge in [-0.1, -0.05) is 31.4 Å². The number of aryl methyl sites for hydroxylation is 2. The van der Waals surface area contributed by atoms with Crippen molar-refractivity contribution in [2.24, 2.45) is 11.8 Å². The largest absolute Gasteiger partial charge is 0.496 e. The third kappa shape index (κ3) is 6.51. The second kappa shape index (κ2) is 12.8. The molecule has 1 amide bonds. The molecule has 3 aromatic rings. The first-order valence-corrected chi connectivity index (χ1v) is 14.6. The molecule has 2 aromatic heterocycles. The van der Waals surface area contributed by atoms with Gasteiger partial charge in [-0.2, -0.15) is 5.10 Å². The van der Waals surface area contributed by atoms with Crippen LogP contribution in [-0.2, 0) is 11.3 Å². The molecule has 0 radical (unpaired) electrons. The molecule has 0 atom stereocenters. The van der Waals surface area contributed by atoms with Crippen molar-refractivity contribution in [2.75, 3.05) is 25.2 Å². The molecule has 0 spiro atoms. The number of benzene rings is 1. The minimum atomic E-state index is -0.452. The van der Waals surface area contributed by atoms with E-state index in [0.717, 1.165) is 68.2 Å². The van der Waals surface area contributed by atoms with Crippen LogP contribution in [0.15, 0.2) is 48.9 Å². The highest BCUT2D eigenvalue weighted by Crippen LogP contribution is 2.38. The summed E-state index contributed by atoms with van der Waals surface area (Å²) in [6.45, 7) is 2.60. The maximum Gasteiger partial charge on any atom is 0.231 e. The van der Waals surface area contributed by atoms with Crippen LogP contribution >= 0.6 is 0 Å². The number of methoxy groups -OCH3 is 1. The van der Waals surface area contributed by atoms with Gasteiger partial charge in [0.05, 0.1) is 19.9 Å². The Bertz CT molecular complexity index is 1240. The summed E-state index contributed by atoms with van der Waals surface area (Å²) in [6, 6.07) is 10.5. The Morgan fingerprint density at radius 2 is 1.85 bits per heavy atom. The average Bonchev–Trinajstić information content (AvgIpc) is 3.45. The molecule has 5 rings (SSSR count). The Balaban J connectivity index is 1.32. The number of aromatic nitrogens is 3. The standard InChI is InChI=1S/C32H41FN4O2/c1-23-18-27(12-13-30(23)39-2)25-10-8-24(9-11-25)21-37(32(38)26-6-4-3-5-7-26)31-19-28(14-16-34-31)29-20-35-36(22-29)17-15-33/h12-14,16,18-20,22,24-26H,3-11,15,17,21H2,1-2H3. The van der Waals surface area contributed by atoms with Gasteiger partial charge < -0.3 is 4.74 Å². The molecule has 0 aliphatic heterocycles. The van der Waals surface area contributed by atoms with Gasteiger partial charge in [0.2, 0.25) is 5.91 Å². The topological polar surface area (TPSA) is 60.2 Å². The number of alkyl halides is 1. The van der Waals surface area contributed by atoms with Gasteiger partial charge in [-0.25, -0.2) is 9.37 Å². The van der Waals surface area contributed by atoms with E-state index in [9.17, 15) is 9.18 Å². The van der Waals surface area contributed by atoms with Gasteiger partial charge in [-0.05, 0) is 92.2 Å². The fourth-order valence-corrected chi connectivity index (χ4v) is 6.43. The first kappa shape index (κ1) is 27.4. The number of hydrogen-bond donors (Lipinski definition) is 0. The van der Waals surface area contributed by atoms with Crippen LogP contribution in [0.1, 0.15) is 74.8 Å². The molecule has 2 aliphatic carbocycles. The number of carbonyl (C=O) groups excluding carboxylic acids is 1. The first-order valence-electron chi connectivity index (χ1n) is 14.6. The minimum Gasteiger partial charge on any atom is -0.496 e. The molecule has 2 saturated carbocycles. The van der Waals surface area contributed by atoms with Crippen molar-refractivity contribution in [1.82, 2.24) is 14.8 Å². The monoisotopic (exact) mass is 532 g/mol. The molecular weight excluding hydrogens is 491 g/mol. The predicted molar refractivity (Wildman–Crippen MR) is 153 cm³/mol. The van der Waals surface area contributed by atoms with Crippen LogP contribution in [-0.4, -0.2) is 41.0 Å². The summed E-state index contributed by atoms with van der Waals surface area (Å²) < 4.78 is 19.9. The quantitative estimate of drug-likeness (QED) is 0.294. The van der Waals surface area contributed by atoms with E-state index < -0.39 is 6.67 Å². The molecule has 1 aromatic carbocycles. The lowest BCUT2D eigenvalue weighted by atomic mass is 9.78. The van der Waals surface area contributed by atoms with Crippen LogP contribution in [0.4, 0.5) is 10.2 Å². The van der Waals surface area contributed by atoms with E-state index in [0.29, 0.717) is 24.2 Å². The zero-order valence-corrected chi connectivity index (χ0v) is 23.3. The van der Waals surface area contributed by atoms with Gasteiger partial charge in [-0.15, -0.1) is 0 Å². The van der Waals surface area contributed by atoms with Crippen molar-refractivity contribution in [3.05, 3.63) is 60.0 Å². The third-order valence-electron chi connectivity index (χ3n) is 8.70. The first-order chi connectivity index (χ1) is 19.1. The van der Waals surface area contributed by atoms with E-state index in [4.69, 9.17) is 4.74 Å². The van der Waals surface area contributed by atoms with Crippen molar-refractivity contribution in [2.45, 2.75) is 77.2 Å². The normalized spacial score (nSPS) is 20.1. The smallest absolute Gasteiger partial charge is 0.231 e. The van der Waals surface area contributed by atoms with Crippen molar-refractivity contribution in [3.8, 4) is 16.9 Å². The van der Waals surface area contributed by atoms with Gasteiger partial charge >= 0.3 is 0 Å². The number of anilines is 1. The molecule has 6 nitrogen and oxygen atoms in total. The number of ether oxygens (including phenoxy) is 1.